The van der Waals surface area contributed by atoms with Crippen molar-refractivity contribution in [3.8, 4) is 5.75 Å². The van der Waals surface area contributed by atoms with Gasteiger partial charge in [-0.15, -0.1) is 0 Å². The van der Waals surface area contributed by atoms with E-state index >= 15 is 0 Å². The molecule has 10 heteroatoms. The summed E-state index contributed by atoms with van der Waals surface area (Å²) in [7, 11) is 1.29. The van der Waals surface area contributed by atoms with Crippen molar-refractivity contribution in [2.75, 3.05) is 12.4 Å². The number of methoxy groups -OCH3 is 1. The Morgan fingerprint density at radius 1 is 1.23 bits per heavy atom. The van der Waals surface area contributed by atoms with Gasteiger partial charge in [-0.2, -0.15) is 18.2 Å². The first-order valence-corrected chi connectivity index (χ1v) is 9.01. The van der Waals surface area contributed by atoms with E-state index in [1.807, 2.05) is 0 Å². The number of nitrogens with zero attached hydrogens (tertiary/aromatic N) is 2. The summed E-state index contributed by atoms with van der Waals surface area (Å²) in [6, 6.07) is 7.75. The first kappa shape index (κ1) is 21.6. The highest BCUT2D eigenvalue weighted by atomic mass is 35.5. The van der Waals surface area contributed by atoms with E-state index in [2.05, 4.69) is 10.3 Å². The summed E-state index contributed by atoms with van der Waals surface area (Å²) < 4.78 is 58.8. The van der Waals surface area contributed by atoms with Crippen LogP contribution in [-0.4, -0.2) is 16.7 Å². The molecule has 0 radical (unpaired) electrons. The van der Waals surface area contributed by atoms with Gasteiger partial charge in [-0.3, -0.25) is 4.79 Å². The van der Waals surface area contributed by atoms with Gasteiger partial charge in [-0.25, -0.2) is 4.39 Å². The molecule has 0 saturated heterocycles. The molecule has 0 unspecified atom stereocenters. The van der Waals surface area contributed by atoms with Gasteiger partial charge in [0.25, 0.3) is 0 Å². The second-order valence-electron chi connectivity index (χ2n) is 6.42. The summed E-state index contributed by atoms with van der Waals surface area (Å²) in [5, 5.41) is 3.48. The second kappa shape index (κ2) is 8.35. The van der Waals surface area contributed by atoms with Crippen LogP contribution < -0.4 is 15.6 Å². The molecule has 3 aromatic rings. The molecule has 0 aliphatic carbocycles. The predicted octanol–water partition coefficient (Wildman–Crippen LogP) is 5.16. The van der Waals surface area contributed by atoms with Crippen molar-refractivity contribution >= 4 is 23.2 Å². The van der Waals surface area contributed by atoms with Crippen LogP contribution in [0.25, 0.3) is 0 Å². The van der Waals surface area contributed by atoms with E-state index in [1.165, 1.54) is 17.9 Å². The van der Waals surface area contributed by atoms with Crippen LogP contribution in [-0.2, 0) is 12.7 Å². The lowest BCUT2D eigenvalue weighted by Crippen LogP contribution is -2.19. The van der Waals surface area contributed by atoms with Gasteiger partial charge in [0, 0.05) is 10.7 Å². The predicted molar refractivity (Wildman–Crippen MR) is 105 cm³/mol. The summed E-state index contributed by atoms with van der Waals surface area (Å²) >= 11 is 6.12. The van der Waals surface area contributed by atoms with Gasteiger partial charge in [0.15, 0.2) is 0 Å². The molecule has 0 saturated carbocycles. The molecule has 5 nitrogen and oxygen atoms in total. The maximum absolute atomic E-state index is 14.0. The van der Waals surface area contributed by atoms with Crippen LogP contribution in [0.5, 0.6) is 5.75 Å². The Labute approximate surface area is 173 Å². The Hall–Kier alpha value is -3.07. The maximum Gasteiger partial charge on any atom is 0.419 e. The third kappa shape index (κ3) is 4.56. The summed E-state index contributed by atoms with van der Waals surface area (Å²) in [5.74, 6) is -1.37. The van der Waals surface area contributed by atoms with Crippen molar-refractivity contribution < 1.29 is 22.3 Å². The van der Waals surface area contributed by atoms with Crippen LogP contribution in [0.15, 0.2) is 47.4 Å². The molecule has 158 valence electrons. The third-order valence-corrected chi connectivity index (χ3v) is 4.80. The topological polar surface area (TPSA) is 56.1 Å². The largest absolute Gasteiger partial charge is 0.490 e. The van der Waals surface area contributed by atoms with E-state index in [0.29, 0.717) is 22.3 Å². The highest BCUT2D eigenvalue weighted by molar-refractivity contribution is 6.31. The van der Waals surface area contributed by atoms with Crippen LogP contribution in [0.3, 0.4) is 0 Å². The van der Waals surface area contributed by atoms with Crippen molar-refractivity contribution in [2.45, 2.75) is 19.6 Å². The zero-order valence-corrected chi connectivity index (χ0v) is 16.6. The molecule has 0 spiro atoms. The molecule has 1 aromatic heterocycles. The molecule has 0 aliphatic rings. The Morgan fingerprint density at radius 2 is 1.97 bits per heavy atom. The van der Waals surface area contributed by atoms with Gasteiger partial charge in [0.2, 0.25) is 11.7 Å². The highest BCUT2D eigenvalue weighted by Crippen LogP contribution is 2.32. The standard InChI is InChI=1S/C20H16ClF4N3O2/c1-11-14(21)4-3-5-16(11)26-19-27-18(29)17(30-2)10-28(19)9-12-6-7-13(15(22)8-12)20(23,24)25/h3-8,10H,9H2,1-2H3,(H,26,27,29). The Kier molecular flexibility index (Phi) is 6.02. The lowest BCUT2D eigenvalue weighted by molar-refractivity contribution is -0.140. The fourth-order valence-corrected chi connectivity index (χ4v) is 2.96. The third-order valence-electron chi connectivity index (χ3n) is 4.39. The molecule has 0 fully saturated rings. The van der Waals surface area contributed by atoms with Crippen LogP contribution in [0.1, 0.15) is 16.7 Å². The zero-order chi connectivity index (χ0) is 22.1. The van der Waals surface area contributed by atoms with E-state index in [4.69, 9.17) is 16.3 Å². The summed E-state index contributed by atoms with van der Waals surface area (Å²) in [5.41, 5.74) is -0.480. The van der Waals surface area contributed by atoms with Gasteiger partial charge in [0.05, 0.1) is 25.4 Å². The van der Waals surface area contributed by atoms with Gasteiger partial charge in [-0.05, 0) is 42.3 Å². The normalized spacial score (nSPS) is 11.4. The number of halogens is 5. The Balaban J connectivity index is 2.02. The Bertz CT molecular complexity index is 1150. The second-order valence-corrected chi connectivity index (χ2v) is 6.82. The molecule has 1 heterocycles. The summed E-state index contributed by atoms with van der Waals surface area (Å²) in [6.45, 7) is 1.70. The smallest absolute Gasteiger partial charge is 0.419 e. The molecular formula is C20H16ClF4N3O2. The number of rotatable bonds is 5. The number of hydrogen-bond donors (Lipinski definition) is 1. The lowest BCUT2D eigenvalue weighted by atomic mass is 10.1. The number of anilines is 2. The first-order chi connectivity index (χ1) is 14.1. The van der Waals surface area contributed by atoms with Gasteiger partial charge in [-0.1, -0.05) is 23.7 Å². The molecule has 0 bridgehead atoms. The summed E-state index contributed by atoms with van der Waals surface area (Å²) in [6.07, 6.45) is -3.45. The van der Waals surface area contributed by atoms with Crippen molar-refractivity contribution in [2.24, 2.45) is 0 Å². The average Bonchev–Trinajstić information content (AvgIpc) is 2.66. The lowest BCUT2D eigenvalue weighted by Gasteiger charge is -2.17. The average molecular weight is 442 g/mol. The van der Waals surface area contributed by atoms with Gasteiger partial charge >= 0.3 is 11.7 Å². The van der Waals surface area contributed by atoms with E-state index in [1.54, 1.807) is 25.1 Å². The van der Waals surface area contributed by atoms with Crippen LogP contribution in [0.2, 0.25) is 5.02 Å². The Morgan fingerprint density at radius 3 is 2.60 bits per heavy atom. The van der Waals surface area contributed by atoms with Crippen molar-refractivity contribution in [3.05, 3.63) is 80.5 Å². The minimum absolute atomic E-state index is 0.0688. The number of benzene rings is 2. The van der Waals surface area contributed by atoms with Gasteiger partial charge < -0.3 is 14.6 Å². The molecule has 3 rings (SSSR count). The maximum atomic E-state index is 14.0. The number of hydrogen-bond acceptors (Lipinski definition) is 4. The number of alkyl halides is 3. The number of aromatic nitrogens is 2. The first-order valence-electron chi connectivity index (χ1n) is 8.63. The highest BCUT2D eigenvalue weighted by Gasteiger charge is 2.33. The molecule has 0 aliphatic heterocycles. The van der Waals surface area contributed by atoms with Crippen LogP contribution in [0.4, 0.5) is 29.2 Å². The quantitative estimate of drug-likeness (QED) is 0.555. The molecule has 1 N–H and O–H groups in total. The van der Waals surface area contributed by atoms with Crippen molar-refractivity contribution in [1.82, 2.24) is 9.55 Å². The fraction of sp³-hybridized carbons (Fsp3) is 0.200. The minimum Gasteiger partial charge on any atom is -0.490 e. The molecular weight excluding hydrogens is 426 g/mol. The molecule has 0 amide bonds. The van der Waals surface area contributed by atoms with E-state index < -0.39 is 23.1 Å². The van der Waals surface area contributed by atoms with E-state index in [0.717, 1.165) is 12.1 Å². The monoisotopic (exact) mass is 441 g/mol. The SMILES string of the molecule is COc1cn(Cc2ccc(C(F)(F)F)c(F)c2)c(Nc2cccc(Cl)c2C)nc1=O. The van der Waals surface area contributed by atoms with E-state index in [9.17, 15) is 22.4 Å². The fourth-order valence-electron chi connectivity index (χ4n) is 2.78. The minimum atomic E-state index is -4.79. The molecule has 30 heavy (non-hydrogen) atoms. The molecule has 2 aromatic carbocycles. The zero-order valence-electron chi connectivity index (χ0n) is 15.8. The van der Waals surface area contributed by atoms with Gasteiger partial charge in [0.1, 0.15) is 5.82 Å². The van der Waals surface area contributed by atoms with Crippen LogP contribution in [0, 0.1) is 12.7 Å². The van der Waals surface area contributed by atoms with Crippen LogP contribution >= 0.6 is 11.6 Å². The van der Waals surface area contributed by atoms with Crippen molar-refractivity contribution in [3.63, 3.8) is 0 Å². The number of ether oxygens (including phenoxy) is 1. The number of nitrogens with one attached hydrogen (secondary N) is 1. The molecule has 0 atom stereocenters. The summed E-state index contributed by atoms with van der Waals surface area (Å²) in [4.78, 5) is 16.1. The van der Waals surface area contributed by atoms with Crippen molar-refractivity contribution in [1.29, 1.82) is 0 Å². The van der Waals surface area contributed by atoms with E-state index in [-0.39, 0.29) is 23.8 Å².